The van der Waals surface area contributed by atoms with E-state index in [0.717, 1.165) is 24.2 Å². The summed E-state index contributed by atoms with van der Waals surface area (Å²) < 4.78 is 32.2. The number of hydrogen-bond donors (Lipinski definition) is 2. The Hall–Kier alpha value is -0.960. The molecule has 2 N–H and O–H groups in total. The van der Waals surface area contributed by atoms with E-state index in [1.165, 1.54) is 11.4 Å². The Labute approximate surface area is 121 Å². The highest BCUT2D eigenvalue weighted by Gasteiger charge is 2.31. The minimum absolute atomic E-state index is 0.148. The standard InChI is InChI=1S/C12H17NO5S2/c1-12(3-5-18-6-4-12)8-13-20(16,17)9-2-7-19-10(9)11(14)15/h2,7,13H,3-6,8H2,1H3,(H,14,15). The monoisotopic (exact) mass is 319 g/mol. The second-order valence-electron chi connectivity index (χ2n) is 5.17. The highest BCUT2D eigenvalue weighted by molar-refractivity contribution is 7.89. The first kappa shape index (κ1) is 15.4. The van der Waals surface area contributed by atoms with Crippen LogP contribution in [0.2, 0.25) is 0 Å². The zero-order valence-electron chi connectivity index (χ0n) is 11.1. The van der Waals surface area contributed by atoms with Crippen LogP contribution >= 0.6 is 11.3 Å². The molecule has 2 rings (SSSR count). The number of ether oxygens (including phenoxy) is 1. The first-order valence-corrected chi connectivity index (χ1v) is 8.59. The van der Waals surface area contributed by atoms with E-state index in [0.29, 0.717) is 13.2 Å². The van der Waals surface area contributed by atoms with Gasteiger partial charge in [-0.1, -0.05) is 6.92 Å². The number of hydrogen-bond acceptors (Lipinski definition) is 5. The Bertz CT molecular complexity index is 587. The second-order valence-corrected chi connectivity index (χ2v) is 7.82. The second kappa shape index (κ2) is 5.80. The summed E-state index contributed by atoms with van der Waals surface area (Å²) >= 11 is 0.906. The summed E-state index contributed by atoms with van der Waals surface area (Å²) in [4.78, 5) is 10.7. The van der Waals surface area contributed by atoms with Crippen LogP contribution in [0, 0.1) is 5.41 Å². The number of thiophene rings is 1. The maximum absolute atomic E-state index is 12.2. The molecule has 1 aliphatic heterocycles. The van der Waals surface area contributed by atoms with Gasteiger partial charge in [0.25, 0.3) is 0 Å². The molecule has 1 aliphatic rings. The quantitative estimate of drug-likeness (QED) is 0.859. The van der Waals surface area contributed by atoms with Crippen LogP contribution in [-0.4, -0.2) is 39.3 Å². The molecular formula is C12H17NO5S2. The number of sulfonamides is 1. The Morgan fingerprint density at radius 2 is 2.15 bits per heavy atom. The third-order valence-corrected chi connectivity index (χ3v) is 5.98. The minimum Gasteiger partial charge on any atom is -0.477 e. The number of rotatable bonds is 5. The van der Waals surface area contributed by atoms with Gasteiger partial charge in [-0.25, -0.2) is 17.9 Å². The Balaban J connectivity index is 2.11. The van der Waals surface area contributed by atoms with Gasteiger partial charge in [-0.05, 0) is 29.7 Å². The topological polar surface area (TPSA) is 92.7 Å². The van der Waals surface area contributed by atoms with Gasteiger partial charge in [0.05, 0.1) is 0 Å². The van der Waals surface area contributed by atoms with Crippen molar-refractivity contribution in [2.45, 2.75) is 24.7 Å². The van der Waals surface area contributed by atoms with Crippen molar-refractivity contribution in [1.29, 1.82) is 0 Å². The SMILES string of the molecule is CC1(CNS(=O)(=O)c2ccsc2C(=O)O)CCOCC1. The molecule has 0 spiro atoms. The third kappa shape index (κ3) is 3.38. The molecule has 0 unspecified atom stereocenters. The lowest BCUT2D eigenvalue weighted by Crippen LogP contribution is -2.39. The molecular weight excluding hydrogens is 302 g/mol. The normalized spacial score (nSPS) is 18.9. The summed E-state index contributed by atoms with van der Waals surface area (Å²) in [5, 5.41) is 10.5. The van der Waals surface area contributed by atoms with Crippen molar-refractivity contribution in [2.75, 3.05) is 19.8 Å². The van der Waals surface area contributed by atoms with Crippen LogP contribution in [0.15, 0.2) is 16.3 Å². The van der Waals surface area contributed by atoms with E-state index in [1.54, 1.807) is 0 Å². The molecule has 0 atom stereocenters. The Kier molecular flexibility index (Phi) is 4.48. The predicted octanol–water partition coefficient (Wildman–Crippen LogP) is 1.54. The lowest BCUT2D eigenvalue weighted by atomic mass is 9.83. The maximum atomic E-state index is 12.2. The molecule has 0 amide bonds. The molecule has 1 saturated heterocycles. The molecule has 2 heterocycles. The smallest absolute Gasteiger partial charge is 0.347 e. The van der Waals surface area contributed by atoms with Crippen molar-refractivity contribution in [3.8, 4) is 0 Å². The highest BCUT2D eigenvalue weighted by Crippen LogP contribution is 2.30. The first-order valence-electron chi connectivity index (χ1n) is 6.22. The van der Waals surface area contributed by atoms with Crippen LogP contribution in [0.5, 0.6) is 0 Å². The van der Waals surface area contributed by atoms with Crippen LogP contribution in [0.3, 0.4) is 0 Å². The zero-order chi connectivity index (χ0) is 14.8. The van der Waals surface area contributed by atoms with Crippen molar-refractivity contribution in [1.82, 2.24) is 4.72 Å². The van der Waals surface area contributed by atoms with Crippen LogP contribution in [0.4, 0.5) is 0 Å². The van der Waals surface area contributed by atoms with Gasteiger partial charge in [-0.3, -0.25) is 0 Å². The molecule has 0 bridgehead atoms. The van der Waals surface area contributed by atoms with Gasteiger partial charge in [0.1, 0.15) is 9.77 Å². The molecule has 0 saturated carbocycles. The summed E-state index contributed by atoms with van der Waals surface area (Å²) in [6.07, 6.45) is 1.57. The molecule has 8 heteroatoms. The lowest BCUT2D eigenvalue weighted by molar-refractivity contribution is 0.0265. The van der Waals surface area contributed by atoms with E-state index in [1.807, 2.05) is 6.92 Å². The largest absolute Gasteiger partial charge is 0.477 e. The molecule has 112 valence electrons. The number of nitrogens with one attached hydrogen (secondary N) is 1. The van der Waals surface area contributed by atoms with Crippen molar-refractivity contribution in [3.05, 3.63) is 16.3 Å². The zero-order valence-corrected chi connectivity index (χ0v) is 12.7. The predicted molar refractivity (Wildman–Crippen MR) is 74.6 cm³/mol. The van der Waals surface area contributed by atoms with Gasteiger partial charge in [0, 0.05) is 19.8 Å². The van der Waals surface area contributed by atoms with Crippen molar-refractivity contribution in [2.24, 2.45) is 5.41 Å². The van der Waals surface area contributed by atoms with Crippen molar-refractivity contribution >= 4 is 27.3 Å². The third-order valence-electron chi connectivity index (χ3n) is 3.50. The van der Waals surface area contributed by atoms with Crippen LogP contribution in [-0.2, 0) is 14.8 Å². The van der Waals surface area contributed by atoms with E-state index >= 15 is 0 Å². The summed E-state index contributed by atoms with van der Waals surface area (Å²) in [5.74, 6) is -1.22. The summed E-state index contributed by atoms with van der Waals surface area (Å²) in [6, 6.07) is 1.32. The van der Waals surface area contributed by atoms with E-state index in [9.17, 15) is 13.2 Å². The number of carboxylic acids is 1. The van der Waals surface area contributed by atoms with Gasteiger partial charge in [0.15, 0.2) is 0 Å². The van der Waals surface area contributed by atoms with Crippen LogP contribution < -0.4 is 4.72 Å². The summed E-state index contributed by atoms with van der Waals surface area (Å²) in [7, 11) is -3.79. The fraction of sp³-hybridized carbons (Fsp3) is 0.583. The number of carbonyl (C=O) groups is 1. The molecule has 1 aromatic heterocycles. The summed E-state index contributed by atoms with van der Waals surface area (Å²) in [6.45, 7) is 3.53. The Morgan fingerprint density at radius 3 is 2.75 bits per heavy atom. The van der Waals surface area contributed by atoms with Crippen LogP contribution in [0.1, 0.15) is 29.4 Å². The maximum Gasteiger partial charge on any atom is 0.347 e. The molecule has 20 heavy (non-hydrogen) atoms. The summed E-state index contributed by atoms with van der Waals surface area (Å²) in [5.41, 5.74) is -0.148. The van der Waals surface area contributed by atoms with Crippen molar-refractivity contribution in [3.63, 3.8) is 0 Å². The first-order chi connectivity index (χ1) is 9.34. The number of carboxylic acid groups (broad SMARTS) is 1. The average Bonchev–Trinajstić information content (AvgIpc) is 2.88. The Morgan fingerprint density at radius 1 is 1.50 bits per heavy atom. The van der Waals surface area contributed by atoms with Gasteiger partial charge in [-0.2, -0.15) is 0 Å². The number of aromatic carboxylic acids is 1. The molecule has 1 aromatic rings. The van der Waals surface area contributed by atoms with Crippen molar-refractivity contribution < 1.29 is 23.1 Å². The molecule has 1 fully saturated rings. The fourth-order valence-corrected chi connectivity index (χ4v) is 4.51. The molecule has 0 radical (unpaired) electrons. The fourth-order valence-electron chi connectivity index (χ4n) is 2.05. The van der Waals surface area contributed by atoms with E-state index in [-0.39, 0.29) is 21.7 Å². The van der Waals surface area contributed by atoms with E-state index < -0.39 is 16.0 Å². The van der Waals surface area contributed by atoms with Gasteiger partial charge >= 0.3 is 5.97 Å². The lowest BCUT2D eigenvalue weighted by Gasteiger charge is -2.33. The van der Waals surface area contributed by atoms with E-state index in [4.69, 9.17) is 9.84 Å². The van der Waals surface area contributed by atoms with Gasteiger partial charge in [-0.15, -0.1) is 11.3 Å². The van der Waals surface area contributed by atoms with Gasteiger partial charge in [0.2, 0.25) is 10.0 Å². The van der Waals surface area contributed by atoms with Gasteiger partial charge < -0.3 is 9.84 Å². The minimum atomic E-state index is -3.79. The highest BCUT2D eigenvalue weighted by atomic mass is 32.2. The van der Waals surface area contributed by atoms with Crippen LogP contribution in [0.25, 0.3) is 0 Å². The molecule has 0 aliphatic carbocycles. The average molecular weight is 319 g/mol. The molecule has 6 nitrogen and oxygen atoms in total. The molecule has 0 aromatic carbocycles. The van der Waals surface area contributed by atoms with E-state index in [2.05, 4.69) is 4.72 Å².